The van der Waals surface area contributed by atoms with Crippen LogP contribution in [0.2, 0.25) is 0 Å². The van der Waals surface area contributed by atoms with E-state index in [0.717, 1.165) is 25.9 Å². The normalized spacial score (nSPS) is 20.3. The highest BCUT2D eigenvalue weighted by atomic mass is 16.2. The summed E-state index contributed by atoms with van der Waals surface area (Å²) in [5.41, 5.74) is -0.257. The fraction of sp³-hybridized carbons (Fsp3) is 0.846. The summed E-state index contributed by atoms with van der Waals surface area (Å²) in [5, 5.41) is 6.07. The number of nitrogens with zero attached hydrogens (tertiary/aromatic N) is 1. The van der Waals surface area contributed by atoms with Gasteiger partial charge in [-0.25, -0.2) is 0 Å². The predicted octanol–water partition coefficient (Wildman–Crippen LogP) is 0.359. The van der Waals surface area contributed by atoms with Crippen LogP contribution in [-0.2, 0) is 9.59 Å². The molecule has 1 aliphatic heterocycles. The molecule has 2 amide bonds. The molecule has 0 spiro atoms. The van der Waals surface area contributed by atoms with Crippen LogP contribution in [0.4, 0.5) is 0 Å². The van der Waals surface area contributed by atoms with Gasteiger partial charge in [-0.1, -0.05) is 0 Å². The van der Waals surface area contributed by atoms with Gasteiger partial charge in [-0.2, -0.15) is 0 Å². The van der Waals surface area contributed by atoms with E-state index in [1.807, 2.05) is 20.8 Å². The van der Waals surface area contributed by atoms with E-state index in [1.54, 1.807) is 7.05 Å². The van der Waals surface area contributed by atoms with Gasteiger partial charge in [-0.15, -0.1) is 0 Å². The number of carbonyl (C=O) groups is 2. The summed E-state index contributed by atoms with van der Waals surface area (Å²) in [6, 6.07) is 0. The molecule has 0 aromatic carbocycles. The van der Waals surface area contributed by atoms with Crippen molar-refractivity contribution in [1.29, 1.82) is 0 Å². The molecule has 18 heavy (non-hydrogen) atoms. The molecule has 2 N–H and O–H groups in total. The Morgan fingerprint density at radius 3 is 2.56 bits per heavy atom. The second-order valence-electron chi connectivity index (χ2n) is 6.04. The smallest absolute Gasteiger partial charge is 0.240 e. The lowest BCUT2D eigenvalue weighted by Gasteiger charge is -2.28. The van der Waals surface area contributed by atoms with Crippen LogP contribution in [0.15, 0.2) is 0 Å². The van der Waals surface area contributed by atoms with Gasteiger partial charge in [-0.3, -0.25) is 9.59 Å². The van der Waals surface area contributed by atoms with E-state index in [4.69, 9.17) is 0 Å². The summed E-state index contributed by atoms with van der Waals surface area (Å²) in [5.74, 6) is -0.0282. The van der Waals surface area contributed by atoms with Crippen LogP contribution >= 0.6 is 0 Å². The number of likely N-dealkylation sites (N-methyl/N-ethyl adjacent to an activating group) is 1. The Bertz CT molecular complexity index is 304. The van der Waals surface area contributed by atoms with Gasteiger partial charge in [0, 0.05) is 19.1 Å². The molecule has 0 aliphatic carbocycles. The maximum atomic E-state index is 12.1. The zero-order valence-corrected chi connectivity index (χ0v) is 11.9. The van der Waals surface area contributed by atoms with Crippen molar-refractivity contribution in [3.63, 3.8) is 0 Å². The van der Waals surface area contributed by atoms with Crippen molar-refractivity contribution in [2.24, 2.45) is 5.92 Å². The summed E-state index contributed by atoms with van der Waals surface area (Å²) >= 11 is 0. The number of amides is 2. The van der Waals surface area contributed by atoms with Crippen molar-refractivity contribution >= 4 is 11.8 Å². The van der Waals surface area contributed by atoms with Crippen LogP contribution in [0, 0.1) is 5.92 Å². The van der Waals surface area contributed by atoms with E-state index in [2.05, 4.69) is 10.6 Å². The first-order chi connectivity index (χ1) is 8.29. The molecule has 1 rings (SSSR count). The molecule has 1 fully saturated rings. The summed E-state index contributed by atoms with van der Waals surface area (Å²) in [7, 11) is 1.69. The minimum absolute atomic E-state index is 0.0196. The number of rotatable bonds is 3. The summed E-state index contributed by atoms with van der Waals surface area (Å²) in [6.07, 6.45) is 1.94. The molecule has 0 aromatic heterocycles. The van der Waals surface area contributed by atoms with E-state index < -0.39 is 0 Å². The van der Waals surface area contributed by atoms with Crippen LogP contribution in [0.3, 0.4) is 0 Å². The van der Waals surface area contributed by atoms with Crippen LogP contribution in [0.5, 0.6) is 0 Å². The molecule has 5 nitrogen and oxygen atoms in total. The molecule has 1 heterocycles. The van der Waals surface area contributed by atoms with Gasteiger partial charge >= 0.3 is 0 Å². The monoisotopic (exact) mass is 255 g/mol. The summed E-state index contributed by atoms with van der Waals surface area (Å²) < 4.78 is 0. The topological polar surface area (TPSA) is 61.4 Å². The standard InChI is InChI=1S/C13H25N3O2/c1-13(2,3)15-11(17)9-16(4)12(18)10-6-5-7-14-8-10/h10,14H,5-9H2,1-4H3,(H,15,17). The molecular weight excluding hydrogens is 230 g/mol. The van der Waals surface area contributed by atoms with Gasteiger partial charge in [-0.05, 0) is 40.2 Å². The van der Waals surface area contributed by atoms with Crippen molar-refractivity contribution < 1.29 is 9.59 Å². The van der Waals surface area contributed by atoms with E-state index in [0.29, 0.717) is 0 Å². The zero-order chi connectivity index (χ0) is 13.8. The first kappa shape index (κ1) is 15.0. The Kier molecular flexibility index (Phi) is 5.14. The Labute approximate surface area is 109 Å². The van der Waals surface area contributed by atoms with E-state index in [1.165, 1.54) is 4.90 Å². The van der Waals surface area contributed by atoms with Crippen LogP contribution in [0.1, 0.15) is 33.6 Å². The maximum absolute atomic E-state index is 12.1. The van der Waals surface area contributed by atoms with Crippen molar-refractivity contribution in [2.75, 3.05) is 26.7 Å². The Hall–Kier alpha value is -1.10. The first-order valence-corrected chi connectivity index (χ1v) is 6.56. The van der Waals surface area contributed by atoms with Crippen molar-refractivity contribution in [2.45, 2.75) is 39.2 Å². The minimum Gasteiger partial charge on any atom is -0.350 e. The summed E-state index contributed by atoms with van der Waals surface area (Å²) in [6.45, 7) is 7.63. The lowest BCUT2D eigenvalue weighted by Crippen LogP contribution is -2.48. The van der Waals surface area contributed by atoms with Gasteiger partial charge in [0.1, 0.15) is 0 Å². The van der Waals surface area contributed by atoms with Crippen molar-refractivity contribution in [3.8, 4) is 0 Å². The second-order valence-corrected chi connectivity index (χ2v) is 6.04. The van der Waals surface area contributed by atoms with Crippen LogP contribution in [0.25, 0.3) is 0 Å². The molecular formula is C13H25N3O2. The number of piperidine rings is 1. The van der Waals surface area contributed by atoms with Crippen LogP contribution in [-0.4, -0.2) is 48.9 Å². The molecule has 0 bridgehead atoms. The molecule has 1 atom stereocenters. The second kappa shape index (κ2) is 6.18. The third-order valence-corrected chi connectivity index (χ3v) is 2.92. The molecule has 1 unspecified atom stereocenters. The largest absolute Gasteiger partial charge is 0.350 e. The number of hydrogen-bond donors (Lipinski definition) is 2. The van der Waals surface area contributed by atoms with Gasteiger partial charge in [0.25, 0.3) is 0 Å². The molecule has 1 saturated heterocycles. The van der Waals surface area contributed by atoms with Gasteiger partial charge in [0.15, 0.2) is 0 Å². The van der Waals surface area contributed by atoms with E-state index >= 15 is 0 Å². The number of nitrogens with one attached hydrogen (secondary N) is 2. The Morgan fingerprint density at radius 1 is 1.39 bits per heavy atom. The fourth-order valence-corrected chi connectivity index (χ4v) is 2.13. The third kappa shape index (κ3) is 5.04. The minimum atomic E-state index is -0.257. The van der Waals surface area contributed by atoms with Gasteiger partial charge in [0.05, 0.1) is 12.5 Å². The molecule has 0 radical (unpaired) electrons. The molecule has 0 aromatic rings. The Morgan fingerprint density at radius 2 is 2.06 bits per heavy atom. The Balaban J connectivity index is 2.41. The van der Waals surface area contributed by atoms with Gasteiger partial charge in [0.2, 0.25) is 11.8 Å². The van der Waals surface area contributed by atoms with Crippen molar-refractivity contribution in [1.82, 2.24) is 15.5 Å². The predicted molar refractivity (Wildman–Crippen MR) is 71.1 cm³/mol. The molecule has 104 valence electrons. The highest BCUT2D eigenvalue weighted by Crippen LogP contribution is 2.12. The molecule has 1 aliphatic rings. The lowest BCUT2D eigenvalue weighted by molar-refractivity contribution is -0.138. The quantitative estimate of drug-likeness (QED) is 0.765. The van der Waals surface area contributed by atoms with E-state index in [-0.39, 0.29) is 29.8 Å². The number of hydrogen-bond acceptors (Lipinski definition) is 3. The fourth-order valence-electron chi connectivity index (χ4n) is 2.13. The van der Waals surface area contributed by atoms with E-state index in [9.17, 15) is 9.59 Å². The van der Waals surface area contributed by atoms with Crippen molar-refractivity contribution in [3.05, 3.63) is 0 Å². The SMILES string of the molecule is CN(CC(=O)NC(C)(C)C)C(=O)C1CCCNC1. The molecule has 5 heteroatoms. The molecule has 0 saturated carbocycles. The van der Waals surface area contributed by atoms with Crippen LogP contribution < -0.4 is 10.6 Å². The maximum Gasteiger partial charge on any atom is 0.240 e. The highest BCUT2D eigenvalue weighted by Gasteiger charge is 2.25. The van der Waals surface area contributed by atoms with Gasteiger partial charge < -0.3 is 15.5 Å². The average Bonchev–Trinajstić information content (AvgIpc) is 2.26. The lowest BCUT2D eigenvalue weighted by atomic mass is 9.98. The average molecular weight is 255 g/mol. The zero-order valence-electron chi connectivity index (χ0n) is 11.9. The third-order valence-electron chi connectivity index (χ3n) is 2.92. The highest BCUT2D eigenvalue weighted by molar-refractivity contribution is 5.86. The first-order valence-electron chi connectivity index (χ1n) is 6.56. The number of carbonyl (C=O) groups excluding carboxylic acids is 2. The summed E-state index contributed by atoms with van der Waals surface area (Å²) in [4.78, 5) is 25.4.